The second kappa shape index (κ2) is 8.45. The first-order valence-electron chi connectivity index (χ1n) is 8.05. The molecule has 0 spiro atoms. The Morgan fingerprint density at radius 1 is 1.04 bits per heavy atom. The van der Waals surface area contributed by atoms with Gasteiger partial charge in [-0.15, -0.1) is 0 Å². The average Bonchev–Trinajstić information content (AvgIpc) is 2.62. The predicted molar refractivity (Wildman–Crippen MR) is 97.6 cm³/mol. The Labute approximate surface area is 156 Å². The molecule has 0 aromatic heterocycles. The van der Waals surface area contributed by atoms with Crippen molar-refractivity contribution in [3.05, 3.63) is 54.1 Å². The van der Waals surface area contributed by atoms with Crippen molar-refractivity contribution in [2.45, 2.75) is 31.4 Å². The van der Waals surface area contributed by atoms with Crippen LogP contribution in [0.2, 0.25) is 0 Å². The average molecular weight is 398 g/mol. The van der Waals surface area contributed by atoms with Crippen LogP contribution in [0.3, 0.4) is 0 Å². The van der Waals surface area contributed by atoms with Crippen molar-refractivity contribution in [3.8, 4) is 5.75 Å². The van der Waals surface area contributed by atoms with Gasteiger partial charge in [0, 0.05) is 24.3 Å². The minimum Gasteiger partial charge on any atom is -0.435 e. The van der Waals surface area contributed by atoms with Crippen molar-refractivity contribution < 1.29 is 26.7 Å². The summed E-state index contributed by atoms with van der Waals surface area (Å²) in [4.78, 5) is 12.3. The summed E-state index contributed by atoms with van der Waals surface area (Å²) in [7, 11) is -2.14. The number of nitrogens with one attached hydrogen (secondary N) is 1. The van der Waals surface area contributed by atoms with Crippen molar-refractivity contribution >= 4 is 21.6 Å². The maximum atomic E-state index is 12.4. The maximum absolute atomic E-state index is 12.4. The molecule has 2 aromatic carbocycles. The number of nitrogens with zero attached hydrogens (tertiary/aromatic N) is 1. The molecule has 0 aliphatic rings. The summed E-state index contributed by atoms with van der Waals surface area (Å²) < 4.78 is 54.6. The number of hydrogen-bond acceptors (Lipinski definition) is 4. The topological polar surface area (TPSA) is 75.7 Å². The lowest BCUT2D eigenvalue weighted by Gasteiger charge is -2.21. The molecule has 0 radical (unpaired) electrons. The van der Waals surface area contributed by atoms with Gasteiger partial charge in [-0.1, -0.05) is 0 Å². The molecule has 0 unspecified atom stereocenters. The highest BCUT2D eigenvalue weighted by Gasteiger charge is 2.23. The summed E-state index contributed by atoms with van der Waals surface area (Å²) in [6, 6.07) is 10.8. The molecule has 0 saturated carbocycles. The molecule has 0 aliphatic heterocycles. The third-order valence-electron chi connectivity index (χ3n) is 3.86. The van der Waals surface area contributed by atoms with Gasteiger partial charge in [0.05, 0.1) is 4.90 Å². The quantitative estimate of drug-likeness (QED) is 0.774. The third kappa shape index (κ3) is 5.24. The third-order valence-corrected chi connectivity index (χ3v) is 5.91. The normalized spacial score (nSPS) is 11.9. The Bertz CT molecular complexity index is 883. The second-order valence-corrected chi connectivity index (χ2v) is 7.99. The SMILES string of the molecule is CC(C)N(C)S(=O)(=O)c1ccc(C(=O)Nc2ccc(OC(F)F)cc2)cc1. The number of alkyl halides is 2. The highest BCUT2D eigenvalue weighted by atomic mass is 32.2. The molecule has 0 aliphatic carbocycles. The summed E-state index contributed by atoms with van der Waals surface area (Å²) in [6.07, 6.45) is 0. The summed E-state index contributed by atoms with van der Waals surface area (Å²) >= 11 is 0. The lowest BCUT2D eigenvalue weighted by Crippen LogP contribution is -2.33. The van der Waals surface area contributed by atoms with Crippen LogP contribution in [0.4, 0.5) is 14.5 Å². The summed E-state index contributed by atoms with van der Waals surface area (Å²) in [5, 5.41) is 2.60. The lowest BCUT2D eigenvalue weighted by atomic mass is 10.2. The zero-order chi connectivity index (χ0) is 20.2. The number of rotatable bonds is 7. The van der Waals surface area contributed by atoms with Gasteiger partial charge in [-0.3, -0.25) is 4.79 Å². The molecule has 9 heteroatoms. The Morgan fingerprint density at radius 2 is 1.59 bits per heavy atom. The highest BCUT2D eigenvalue weighted by Crippen LogP contribution is 2.20. The van der Waals surface area contributed by atoms with Gasteiger partial charge in [0.2, 0.25) is 10.0 Å². The van der Waals surface area contributed by atoms with E-state index in [9.17, 15) is 22.0 Å². The number of carbonyl (C=O) groups excluding carboxylic acids is 1. The van der Waals surface area contributed by atoms with Crippen LogP contribution in [0.1, 0.15) is 24.2 Å². The van der Waals surface area contributed by atoms with Gasteiger partial charge >= 0.3 is 6.61 Å². The maximum Gasteiger partial charge on any atom is 0.387 e. The molecule has 1 amide bonds. The van der Waals surface area contributed by atoms with E-state index in [2.05, 4.69) is 10.1 Å². The Hall–Kier alpha value is -2.52. The molecule has 2 rings (SSSR count). The summed E-state index contributed by atoms with van der Waals surface area (Å²) in [5.41, 5.74) is 0.645. The van der Waals surface area contributed by atoms with Crippen LogP contribution in [-0.4, -0.2) is 38.3 Å². The van der Waals surface area contributed by atoms with Crippen LogP contribution in [-0.2, 0) is 10.0 Å². The van der Waals surface area contributed by atoms with Crippen LogP contribution in [0.15, 0.2) is 53.4 Å². The molecule has 6 nitrogen and oxygen atoms in total. The zero-order valence-electron chi connectivity index (χ0n) is 15.0. The number of amides is 1. The van der Waals surface area contributed by atoms with E-state index < -0.39 is 22.5 Å². The van der Waals surface area contributed by atoms with Crippen molar-refractivity contribution in [2.24, 2.45) is 0 Å². The van der Waals surface area contributed by atoms with Gasteiger partial charge < -0.3 is 10.1 Å². The van der Waals surface area contributed by atoms with Gasteiger partial charge in [0.1, 0.15) is 5.75 Å². The van der Waals surface area contributed by atoms with E-state index in [4.69, 9.17) is 0 Å². The van der Waals surface area contributed by atoms with E-state index in [1.807, 2.05) is 0 Å². The molecule has 0 atom stereocenters. The number of halogens is 2. The van der Waals surface area contributed by atoms with Gasteiger partial charge in [0.15, 0.2) is 0 Å². The molecule has 1 N–H and O–H groups in total. The smallest absolute Gasteiger partial charge is 0.387 e. The van der Waals surface area contributed by atoms with Crippen LogP contribution in [0.5, 0.6) is 5.75 Å². The number of ether oxygens (including phenoxy) is 1. The van der Waals surface area contributed by atoms with Gasteiger partial charge in [0.25, 0.3) is 5.91 Å². The first-order valence-corrected chi connectivity index (χ1v) is 9.49. The fourth-order valence-corrected chi connectivity index (χ4v) is 3.51. The first kappa shape index (κ1) is 20.8. The number of anilines is 1. The molecular formula is C18H20F2N2O4S. The highest BCUT2D eigenvalue weighted by molar-refractivity contribution is 7.89. The summed E-state index contributed by atoms with van der Waals surface area (Å²) in [5.74, 6) is -0.481. The van der Waals surface area contributed by atoms with E-state index in [1.54, 1.807) is 13.8 Å². The molecule has 2 aromatic rings. The fourth-order valence-electron chi connectivity index (χ4n) is 2.15. The van der Waals surface area contributed by atoms with Gasteiger partial charge in [-0.05, 0) is 62.4 Å². The zero-order valence-corrected chi connectivity index (χ0v) is 15.8. The molecule has 0 heterocycles. The van der Waals surface area contributed by atoms with E-state index >= 15 is 0 Å². The Kier molecular flexibility index (Phi) is 6.50. The molecule has 0 bridgehead atoms. The van der Waals surface area contributed by atoms with E-state index in [0.717, 1.165) is 0 Å². The van der Waals surface area contributed by atoms with Gasteiger partial charge in [-0.2, -0.15) is 13.1 Å². The van der Waals surface area contributed by atoms with E-state index in [-0.39, 0.29) is 22.3 Å². The van der Waals surface area contributed by atoms with Gasteiger partial charge in [-0.25, -0.2) is 8.42 Å². The lowest BCUT2D eigenvalue weighted by molar-refractivity contribution is -0.0498. The van der Waals surface area contributed by atoms with Crippen molar-refractivity contribution in [3.63, 3.8) is 0 Å². The Morgan fingerprint density at radius 3 is 2.07 bits per heavy atom. The van der Waals surface area contributed by atoms with Crippen LogP contribution in [0.25, 0.3) is 0 Å². The Balaban J connectivity index is 2.09. The van der Waals surface area contributed by atoms with Crippen molar-refractivity contribution in [2.75, 3.05) is 12.4 Å². The largest absolute Gasteiger partial charge is 0.435 e. The van der Waals surface area contributed by atoms with Crippen LogP contribution >= 0.6 is 0 Å². The number of benzene rings is 2. The molecule has 0 saturated heterocycles. The molecule has 0 fully saturated rings. The number of carbonyl (C=O) groups is 1. The standard InChI is InChI=1S/C18H20F2N2O4S/c1-12(2)22(3)27(24,25)16-10-4-13(5-11-16)17(23)21-14-6-8-15(9-7-14)26-18(19)20/h4-12,18H,1-3H3,(H,21,23). The second-order valence-electron chi connectivity index (χ2n) is 6.00. The summed E-state index contributed by atoms with van der Waals surface area (Å²) in [6.45, 7) is 0.600. The number of hydrogen-bond donors (Lipinski definition) is 1. The number of sulfonamides is 1. The van der Waals surface area contributed by atoms with Crippen molar-refractivity contribution in [1.82, 2.24) is 4.31 Å². The first-order chi connectivity index (χ1) is 12.6. The molecule has 27 heavy (non-hydrogen) atoms. The predicted octanol–water partition coefficient (Wildman–Crippen LogP) is 3.57. The fraction of sp³-hybridized carbons (Fsp3) is 0.278. The van der Waals surface area contributed by atoms with Crippen LogP contribution < -0.4 is 10.1 Å². The minimum atomic E-state index is -3.63. The molecular weight excluding hydrogens is 378 g/mol. The van der Waals surface area contributed by atoms with Crippen molar-refractivity contribution in [1.29, 1.82) is 0 Å². The minimum absolute atomic E-state index is 0.0215. The monoisotopic (exact) mass is 398 g/mol. The molecule has 146 valence electrons. The van der Waals surface area contributed by atoms with E-state index in [1.165, 1.54) is 59.9 Å². The van der Waals surface area contributed by atoms with Crippen LogP contribution in [0, 0.1) is 0 Å². The van der Waals surface area contributed by atoms with E-state index in [0.29, 0.717) is 5.69 Å².